The lowest BCUT2D eigenvalue weighted by molar-refractivity contribution is 0.0596. The first-order valence-electron chi connectivity index (χ1n) is 6.31. The van der Waals surface area contributed by atoms with E-state index in [2.05, 4.69) is 23.7 Å². The standard InChI is InChI=1S/C13H21N3O2S/c1-4-16(5-2)6-7-19-12-11(13(17)18-3)8-10(14)9-15-12/h8-9H,4-7,14H2,1-3H3. The molecule has 0 amide bonds. The predicted molar refractivity (Wildman–Crippen MR) is 78.5 cm³/mol. The molecule has 0 fully saturated rings. The number of hydrogen-bond acceptors (Lipinski definition) is 6. The van der Waals surface area contributed by atoms with Crippen LogP contribution in [0.15, 0.2) is 17.3 Å². The average Bonchev–Trinajstić information content (AvgIpc) is 2.44. The number of nitrogens with two attached hydrogens (primary N) is 1. The topological polar surface area (TPSA) is 68.5 Å². The van der Waals surface area contributed by atoms with Crippen LogP contribution >= 0.6 is 11.8 Å². The number of anilines is 1. The van der Waals surface area contributed by atoms with Gasteiger partial charge in [0.05, 0.1) is 24.6 Å². The van der Waals surface area contributed by atoms with Crippen molar-refractivity contribution in [3.8, 4) is 0 Å². The number of methoxy groups -OCH3 is 1. The van der Waals surface area contributed by atoms with Crippen LogP contribution in [0.25, 0.3) is 0 Å². The molecule has 0 saturated carbocycles. The van der Waals surface area contributed by atoms with Crippen molar-refractivity contribution >= 4 is 23.4 Å². The summed E-state index contributed by atoms with van der Waals surface area (Å²) >= 11 is 1.55. The smallest absolute Gasteiger partial charge is 0.340 e. The van der Waals surface area contributed by atoms with Crippen molar-refractivity contribution in [1.82, 2.24) is 9.88 Å². The molecule has 0 bridgehead atoms. The first-order chi connectivity index (χ1) is 9.12. The highest BCUT2D eigenvalue weighted by Gasteiger charge is 2.14. The second-order valence-corrected chi connectivity index (χ2v) is 5.07. The fourth-order valence-electron chi connectivity index (χ4n) is 1.65. The summed E-state index contributed by atoms with van der Waals surface area (Å²) in [6, 6.07) is 1.61. The third-order valence-corrected chi connectivity index (χ3v) is 3.80. The second-order valence-electron chi connectivity index (χ2n) is 3.99. The zero-order valence-electron chi connectivity index (χ0n) is 11.7. The first-order valence-corrected chi connectivity index (χ1v) is 7.29. The van der Waals surface area contributed by atoms with Crippen LogP contribution in [0.2, 0.25) is 0 Å². The molecule has 106 valence electrons. The number of thioether (sulfide) groups is 1. The van der Waals surface area contributed by atoms with Crippen LogP contribution in [0.5, 0.6) is 0 Å². The molecule has 0 unspecified atom stereocenters. The number of carbonyl (C=O) groups excluding carboxylic acids is 1. The molecule has 0 aliphatic heterocycles. The van der Waals surface area contributed by atoms with Crippen LogP contribution < -0.4 is 5.73 Å². The Balaban J connectivity index is 2.69. The highest BCUT2D eigenvalue weighted by molar-refractivity contribution is 7.99. The third kappa shape index (κ3) is 4.72. The molecule has 1 aromatic heterocycles. The summed E-state index contributed by atoms with van der Waals surface area (Å²) in [5, 5.41) is 0.674. The van der Waals surface area contributed by atoms with Gasteiger partial charge in [-0.25, -0.2) is 9.78 Å². The lowest BCUT2D eigenvalue weighted by Crippen LogP contribution is -2.25. The van der Waals surface area contributed by atoms with E-state index < -0.39 is 5.97 Å². The molecule has 5 nitrogen and oxygen atoms in total. The van der Waals surface area contributed by atoms with Crippen LogP contribution in [0.4, 0.5) is 5.69 Å². The minimum atomic E-state index is -0.398. The highest BCUT2D eigenvalue weighted by Crippen LogP contribution is 2.22. The van der Waals surface area contributed by atoms with E-state index in [0.29, 0.717) is 16.3 Å². The molecule has 2 N–H and O–H groups in total. The molecule has 19 heavy (non-hydrogen) atoms. The molecule has 1 rings (SSSR count). The summed E-state index contributed by atoms with van der Waals surface area (Å²) in [4.78, 5) is 18.2. The summed E-state index contributed by atoms with van der Waals surface area (Å²) < 4.78 is 4.74. The molecule has 0 spiro atoms. The van der Waals surface area contributed by atoms with Gasteiger partial charge in [0, 0.05) is 12.3 Å². The number of pyridine rings is 1. The maximum Gasteiger partial charge on any atom is 0.340 e. The molecule has 1 aromatic rings. The Bertz CT molecular complexity index is 422. The molecule has 0 saturated heterocycles. The molecule has 6 heteroatoms. The van der Waals surface area contributed by atoms with Gasteiger partial charge >= 0.3 is 5.97 Å². The van der Waals surface area contributed by atoms with Crippen molar-refractivity contribution in [2.24, 2.45) is 0 Å². The minimum Gasteiger partial charge on any atom is -0.465 e. The normalized spacial score (nSPS) is 10.7. The van der Waals surface area contributed by atoms with Gasteiger partial charge < -0.3 is 15.4 Å². The zero-order valence-corrected chi connectivity index (χ0v) is 12.5. The van der Waals surface area contributed by atoms with Crippen molar-refractivity contribution in [3.05, 3.63) is 17.8 Å². The fourth-order valence-corrected chi connectivity index (χ4v) is 2.62. The maximum absolute atomic E-state index is 11.7. The van der Waals surface area contributed by atoms with Crippen LogP contribution in [0.1, 0.15) is 24.2 Å². The number of nitrogen functional groups attached to an aromatic ring is 1. The lowest BCUT2D eigenvalue weighted by Gasteiger charge is -2.17. The molecule has 0 aliphatic carbocycles. The summed E-state index contributed by atoms with van der Waals surface area (Å²) in [6.45, 7) is 7.28. The van der Waals surface area contributed by atoms with Crippen molar-refractivity contribution in [3.63, 3.8) is 0 Å². The Labute approximate surface area is 118 Å². The van der Waals surface area contributed by atoms with Crippen LogP contribution in [0.3, 0.4) is 0 Å². The number of carbonyl (C=O) groups is 1. The van der Waals surface area contributed by atoms with Gasteiger partial charge in [-0.2, -0.15) is 0 Å². The average molecular weight is 283 g/mol. The zero-order chi connectivity index (χ0) is 14.3. The van der Waals surface area contributed by atoms with Crippen molar-refractivity contribution in [1.29, 1.82) is 0 Å². The summed E-state index contributed by atoms with van der Waals surface area (Å²) in [5.41, 5.74) is 6.56. The Morgan fingerprint density at radius 3 is 2.74 bits per heavy atom. The van der Waals surface area contributed by atoms with Gasteiger partial charge in [-0.05, 0) is 19.2 Å². The third-order valence-electron chi connectivity index (χ3n) is 2.82. The first kappa shape index (κ1) is 15.8. The van der Waals surface area contributed by atoms with E-state index >= 15 is 0 Å². The molecule has 0 aliphatic rings. The fraction of sp³-hybridized carbons (Fsp3) is 0.538. The predicted octanol–water partition coefficient (Wildman–Crippen LogP) is 1.88. The maximum atomic E-state index is 11.7. The van der Waals surface area contributed by atoms with E-state index in [1.807, 2.05) is 0 Å². The summed E-state index contributed by atoms with van der Waals surface area (Å²) in [6.07, 6.45) is 1.56. The van der Waals surface area contributed by atoms with E-state index in [1.54, 1.807) is 24.0 Å². The van der Waals surface area contributed by atoms with Gasteiger partial charge in [0.2, 0.25) is 0 Å². The van der Waals surface area contributed by atoms with Gasteiger partial charge in [-0.15, -0.1) is 11.8 Å². The monoisotopic (exact) mass is 283 g/mol. The number of rotatable bonds is 7. The highest BCUT2D eigenvalue weighted by atomic mass is 32.2. The van der Waals surface area contributed by atoms with E-state index in [0.717, 1.165) is 25.4 Å². The number of ether oxygens (including phenoxy) is 1. The Hall–Kier alpha value is -1.27. The summed E-state index contributed by atoms with van der Waals surface area (Å²) in [5.74, 6) is 0.480. The molecule has 0 radical (unpaired) electrons. The van der Waals surface area contributed by atoms with Gasteiger partial charge in [0.15, 0.2) is 0 Å². The second kappa shape index (κ2) is 8.01. The number of hydrogen-bond donors (Lipinski definition) is 1. The van der Waals surface area contributed by atoms with Gasteiger partial charge in [-0.1, -0.05) is 13.8 Å². The molecule has 1 heterocycles. The van der Waals surface area contributed by atoms with Gasteiger partial charge in [-0.3, -0.25) is 0 Å². The van der Waals surface area contributed by atoms with Gasteiger partial charge in [0.25, 0.3) is 0 Å². The van der Waals surface area contributed by atoms with E-state index in [9.17, 15) is 4.79 Å². The lowest BCUT2D eigenvalue weighted by atomic mass is 10.3. The number of aromatic nitrogens is 1. The van der Waals surface area contributed by atoms with Crippen molar-refractivity contribution in [2.75, 3.05) is 38.2 Å². The Morgan fingerprint density at radius 1 is 1.47 bits per heavy atom. The van der Waals surface area contributed by atoms with Gasteiger partial charge in [0.1, 0.15) is 5.03 Å². The molecule has 0 atom stereocenters. The SMILES string of the molecule is CCN(CC)CCSc1ncc(N)cc1C(=O)OC. The quantitative estimate of drug-likeness (QED) is 0.609. The number of esters is 1. The molecule has 0 aromatic carbocycles. The Kier molecular flexibility index (Phi) is 6.66. The number of nitrogens with zero attached hydrogens (tertiary/aromatic N) is 2. The minimum absolute atomic E-state index is 0.398. The van der Waals surface area contributed by atoms with E-state index in [4.69, 9.17) is 10.5 Å². The van der Waals surface area contributed by atoms with E-state index in [1.165, 1.54) is 7.11 Å². The summed E-state index contributed by atoms with van der Waals surface area (Å²) in [7, 11) is 1.36. The van der Waals surface area contributed by atoms with Crippen molar-refractivity contribution < 1.29 is 9.53 Å². The van der Waals surface area contributed by atoms with E-state index in [-0.39, 0.29) is 0 Å². The van der Waals surface area contributed by atoms with Crippen molar-refractivity contribution in [2.45, 2.75) is 18.9 Å². The van der Waals surface area contributed by atoms with Crippen LogP contribution in [0, 0.1) is 0 Å². The molecular formula is C13H21N3O2S. The molecular weight excluding hydrogens is 262 g/mol. The Morgan fingerprint density at radius 2 is 2.16 bits per heavy atom. The largest absolute Gasteiger partial charge is 0.465 e. The van der Waals surface area contributed by atoms with Crippen LogP contribution in [-0.4, -0.2) is 48.4 Å². The van der Waals surface area contributed by atoms with Crippen LogP contribution in [-0.2, 0) is 4.74 Å².